The van der Waals surface area contributed by atoms with Crippen molar-refractivity contribution >= 4 is 9.84 Å². The third-order valence-corrected chi connectivity index (χ3v) is 5.63. The minimum Gasteiger partial charge on any atom is -0.488 e. The lowest BCUT2D eigenvalue weighted by Crippen LogP contribution is -2.44. The molecular formula is C14H19NO3S. The number of ether oxygens (including phenoxy) is 1. The van der Waals surface area contributed by atoms with Crippen LogP contribution in [-0.4, -0.2) is 38.6 Å². The highest BCUT2D eigenvalue weighted by Gasteiger charge is 2.27. The average molecular weight is 281 g/mol. The summed E-state index contributed by atoms with van der Waals surface area (Å²) in [7, 11) is -2.83. The van der Waals surface area contributed by atoms with E-state index in [-0.39, 0.29) is 17.9 Å². The van der Waals surface area contributed by atoms with Crippen LogP contribution in [0.2, 0.25) is 0 Å². The summed E-state index contributed by atoms with van der Waals surface area (Å²) in [4.78, 5) is 0. The van der Waals surface area contributed by atoms with Crippen LogP contribution in [0, 0.1) is 0 Å². The van der Waals surface area contributed by atoms with Crippen molar-refractivity contribution in [2.45, 2.75) is 31.4 Å². The fourth-order valence-electron chi connectivity index (χ4n) is 2.85. The summed E-state index contributed by atoms with van der Waals surface area (Å²) in [5, 5.41) is 3.35. The van der Waals surface area contributed by atoms with Crippen LogP contribution in [0.4, 0.5) is 0 Å². The maximum atomic E-state index is 11.6. The second-order valence-electron chi connectivity index (χ2n) is 5.41. The normalized spacial score (nSPS) is 28.6. The van der Waals surface area contributed by atoms with Crippen LogP contribution in [-0.2, 0) is 16.3 Å². The van der Waals surface area contributed by atoms with Crippen molar-refractivity contribution in [2.24, 2.45) is 0 Å². The Morgan fingerprint density at radius 1 is 1.32 bits per heavy atom. The van der Waals surface area contributed by atoms with E-state index < -0.39 is 9.84 Å². The molecule has 5 heteroatoms. The first-order chi connectivity index (χ1) is 9.12. The predicted molar refractivity (Wildman–Crippen MR) is 74.2 cm³/mol. The summed E-state index contributed by atoms with van der Waals surface area (Å²) < 4.78 is 29.0. The molecule has 2 aliphatic heterocycles. The Balaban J connectivity index is 1.52. The number of fused-ring (bicyclic) bond motifs is 1. The van der Waals surface area contributed by atoms with Gasteiger partial charge in [0, 0.05) is 19.0 Å². The maximum Gasteiger partial charge on any atom is 0.151 e. The third-order valence-electron chi connectivity index (χ3n) is 3.81. The van der Waals surface area contributed by atoms with E-state index in [0.717, 1.165) is 31.6 Å². The minimum absolute atomic E-state index is 0.0889. The summed E-state index contributed by atoms with van der Waals surface area (Å²) in [6, 6.07) is 8.15. The van der Waals surface area contributed by atoms with E-state index in [1.807, 2.05) is 18.2 Å². The maximum absolute atomic E-state index is 11.6. The van der Waals surface area contributed by atoms with Crippen LogP contribution in [0.1, 0.15) is 18.4 Å². The molecule has 1 aromatic rings. The SMILES string of the molecule is O=S1(=O)CCCC(NCC2Cc3ccccc3O2)C1. The first-order valence-corrected chi connectivity index (χ1v) is 8.63. The third kappa shape index (κ3) is 3.09. The number of rotatable bonds is 3. The number of hydrogen-bond acceptors (Lipinski definition) is 4. The highest BCUT2D eigenvalue weighted by molar-refractivity contribution is 7.91. The van der Waals surface area contributed by atoms with E-state index in [0.29, 0.717) is 5.75 Å². The number of hydrogen-bond donors (Lipinski definition) is 1. The summed E-state index contributed by atoms with van der Waals surface area (Å²) in [6.45, 7) is 0.717. The molecule has 1 saturated heterocycles. The van der Waals surface area contributed by atoms with Gasteiger partial charge in [-0.25, -0.2) is 8.42 Å². The Hall–Kier alpha value is -1.07. The van der Waals surface area contributed by atoms with Gasteiger partial charge in [-0.1, -0.05) is 18.2 Å². The fraction of sp³-hybridized carbons (Fsp3) is 0.571. The van der Waals surface area contributed by atoms with Gasteiger partial charge in [-0.2, -0.15) is 0 Å². The van der Waals surface area contributed by atoms with Crippen molar-refractivity contribution in [1.82, 2.24) is 5.32 Å². The van der Waals surface area contributed by atoms with Crippen LogP contribution >= 0.6 is 0 Å². The topological polar surface area (TPSA) is 55.4 Å². The average Bonchev–Trinajstić information content (AvgIpc) is 2.78. The lowest BCUT2D eigenvalue weighted by Gasteiger charge is -2.24. The number of sulfone groups is 1. The zero-order valence-corrected chi connectivity index (χ0v) is 11.7. The standard InChI is InChI=1S/C14H19NO3S/c16-19(17)7-3-5-12(10-19)15-9-13-8-11-4-1-2-6-14(11)18-13/h1-2,4,6,12-13,15H,3,5,7-10H2. The van der Waals surface area contributed by atoms with Gasteiger partial charge < -0.3 is 10.1 Å². The number of para-hydroxylation sites is 1. The van der Waals surface area contributed by atoms with Gasteiger partial charge in [0.1, 0.15) is 11.9 Å². The summed E-state index contributed by atoms with van der Waals surface area (Å²) in [5.74, 6) is 1.58. The summed E-state index contributed by atoms with van der Waals surface area (Å²) >= 11 is 0. The molecular weight excluding hydrogens is 262 g/mol. The van der Waals surface area contributed by atoms with Crippen molar-refractivity contribution in [1.29, 1.82) is 0 Å². The van der Waals surface area contributed by atoms with Crippen molar-refractivity contribution in [2.75, 3.05) is 18.1 Å². The largest absolute Gasteiger partial charge is 0.488 e. The van der Waals surface area contributed by atoms with Gasteiger partial charge in [-0.3, -0.25) is 0 Å². The second-order valence-corrected chi connectivity index (χ2v) is 7.64. The zero-order chi connectivity index (χ0) is 13.3. The molecule has 3 rings (SSSR count). The molecule has 0 saturated carbocycles. The quantitative estimate of drug-likeness (QED) is 0.903. The van der Waals surface area contributed by atoms with Gasteiger partial charge in [0.25, 0.3) is 0 Å². The van der Waals surface area contributed by atoms with Gasteiger partial charge in [0.05, 0.1) is 11.5 Å². The van der Waals surface area contributed by atoms with Crippen LogP contribution in [0.3, 0.4) is 0 Å². The Labute approximate surface area is 114 Å². The number of benzene rings is 1. The molecule has 1 fully saturated rings. The van der Waals surface area contributed by atoms with Crippen molar-refractivity contribution in [3.8, 4) is 5.75 Å². The van der Waals surface area contributed by atoms with Crippen LogP contribution in [0.25, 0.3) is 0 Å². The Morgan fingerprint density at radius 3 is 2.95 bits per heavy atom. The molecule has 0 bridgehead atoms. The van der Waals surface area contributed by atoms with Crippen LogP contribution < -0.4 is 10.1 Å². The molecule has 2 heterocycles. The van der Waals surface area contributed by atoms with Gasteiger partial charge in [-0.15, -0.1) is 0 Å². The Morgan fingerprint density at radius 2 is 2.16 bits per heavy atom. The molecule has 1 aromatic carbocycles. The molecule has 4 nitrogen and oxygen atoms in total. The van der Waals surface area contributed by atoms with Crippen LogP contribution in [0.5, 0.6) is 5.75 Å². The van der Waals surface area contributed by atoms with E-state index in [9.17, 15) is 8.42 Å². The molecule has 1 N–H and O–H groups in total. The monoisotopic (exact) mass is 281 g/mol. The van der Waals surface area contributed by atoms with Crippen molar-refractivity contribution in [3.63, 3.8) is 0 Å². The molecule has 2 atom stereocenters. The Bertz CT molecular complexity index is 531. The predicted octanol–water partition coefficient (Wildman–Crippen LogP) is 1.16. The molecule has 2 aliphatic rings. The van der Waals surface area contributed by atoms with E-state index in [1.165, 1.54) is 5.56 Å². The molecule has 104 valence electrons. The molecule has 0 spiro atoms. The first-order valence-electron chi connectivity index (χ1n) is 6.81. The van der Waals surface area contributed by atoms with Gasteiger partial charge >= 0.3 is 0 Å². The highest BCUT2D eigenvalue weighted by Crippen LogP contribution is 2.27. The van der Waals surface area contributed by atoms with E-state index >= 15 is 0 Å². The molecule has 0 aromatic heterocycles. The molecule has 0 radical (unpaired) electrons. The molecule has 0 amide bonds. The smallest absolute Gasteiger partial charge is 0.151 e. The zero-order valence-electron chi connectivity index (χ0n) is 10.8. The molecule has 19 heavy (non-hydrogen) atoms. The van der Waals surface area contributed by atoms with Gasteiger partial charge in [-0.05, 0) is 24.5 Å². The van der Waals surface area contributed by atoms with Gasteiger partial charge in [0.15, 0.2) is 9.84 Å². The Kier molecular flexibility index (Phi) is 3.50. The highest BCUT2D eigenvalue weighted by atomic mass is 32.2. The lowest BCUT2D eigenvalue weighted by atomic mass is 10.1. The van der Waals surface area contributed by atoms with Gasteiger partial charge in [0.2, 0.25) is 0 Å². The fourth-order valence-corrected chi connectivity index (χ4v) is 4.52. The minimum atomic E-state index is -2.83. The lowest BCUT2D eigenvalue weighted by molar-refractivity contribution is 0.221. The first kappa shape index (κ1) is 12.9. The molecule has 2 unspecified atom stereocenters. The van der Waals surface area contributed by atoms with E-state index in [2.05, 4.69) is 11.4 Å². The molecule has 0 aliphatic carbocycles. The van der Waals surface area contributed by atoms with Crippen molar-refractivity contribution < 1.29 is 13.2 Å². The summed E-state index contributed by atoms with van der Waals surface area (Å²) in [6.07, 6.45) is 2.75. The van der Waals surface area contributed by atoms with E-state index in [1.54, 1.807) is 0 Å². The van der Waals surface area contributed by atoms with Crippen molar-refractivity contribution in [3.05, 3.63) is 29.8 Å². The van der Waals surface area contributed by atoms with E-state index in [4.69, 9.17) is 4.74 Å². The number of nitrogens with one attached hydrogen (secondary N) is 1. The second kappa shape index (κ2) is 5.13. The summed E-state index contributed by atoms with van der Waals surface area (Å²) in [5.41, 5.74) is 1.24. The van der Waals surface area contributed by atoms with Crippen LogP contribution in [0.15, 0.2) is 24.3 Å².